The number of thiophene rings is 1. The number of alkyl halides is 1. The summed E-state index contributed by atoms with van der Waals surface area (Å²) in [5, 5.41) is 1.18. The molecule has 136 valence electrons. The second kappa shape index (κ2) is 7.41. The van der Waals surface area contributed by atoms with Crippen molar-refractivity contribution in [1.82, 2.24) is 9.88 Å². The zero-order chi connectivity index (χ0) is 18.1. The quantitative estimate of drug-likeness (QED) is 0.614. The summed E-state index contributed by atoms with van der Waals surface area (Å²) in [7, 11) is 0. The van der Waals surface area contributed by atoms with Gasteiger partial charge in [0.25, 0.3) is 0 Å². The Labute approximate surface area is 156 Å². The first-order valence-electron chi connectivity index (χ1n) is 9.10. The molecular formula is C21H22F2N2S. The van der Waals surface area contributed by atoms with Gasteiger partial charge in [0, 0.05) is 41.3 Å². The summed E-state index contributed by atoms with van der Waals surface area (Å²) in [6.07, 6.45) is 2.45. The van der Waals surface area contributed by atoms with Crippen LogP contribution in [0.2, 0.25) is 0 Å². The van der Waals surface area contributed by atoms with Gasteiger partial charge in [-0.2, -0.15) is 0 Å². The van der Waals surface area contributed by atoms with Crippen molar-refractivity contribution in [2.75, 3.05) is 19.6 Å². The molecule has 1 fully saturated rings. The summed E-state index contributed by atoms with van der Waals surface area (Å²) < 4.78 is 29.0. The predicted octanol–water partition coefficient (Wildman–Crippen LogP) is 5.17. The zero-order valence-corrected chi connectivity index (χ0v) is 15.6. The van der Waals surface area contributed by atoms with Crippen molar-refractivity contribution in [1.29, 1.82) is 0 Å². The van der Waals surface area contributed by atoms with Crippen molar-refractivity contribution >= 4 is 21.4 Å². The summed E-state index contributed by atoms with van der Waals surface area (Å²) >= 11 is 1.77. The molecule has 1 aliphatic rings. The summed E-state index contributed by atoms with van der Waals surface area (Å²) in [4.78, 5) is 7.74. The molecule has 3 heterocycles. The maximum atomic E-state index is 14.3. The minimum atomic E-state index is -0.696. The van der Waals surface area contributed by atoms with Gasteiger partial charge >= 0.3 is 0 Å². The molecule has 0 amide bonds. The molecule has 3 aromatic rings. The van der Waals surface area contributed by atoms with E-state index in [0.29, 0.717) is 18.7 Å². The van der Waals surface area contributed by atoms with Gasteiger partial charge < -0.3 is 0 Å². The molecule has 1 saturated heterocycles. The highest BCUT2D eigenvalue weighted by atomic mass is 32.1. The van der Waals surface area contributed by atoms with Gasteiger partial charge in [-0.05, 0) is 42.0 Å². The number of benzene rings is 1. The lowest BCUT2D eigenvalue weighted by Gasteiger charge is -2.17. The summed E-state index contributed by atoms with van der Waals surface area (Å²) in [6.45, 7) is 4.23. The molecule has 0 bridgehead atoms. The molecule has 4 rings (SSSR count). The van der Waals surface area contributed by atoms with E-state index in [-0.39, 0.29) is 11.7 Å². The maximum Gasteiger partial charge on any atom is 0.145 e. The lowest BCUT2D eigenvalue weighted by atomic mass is 9.93. The minimum absolute atomic E-state index is 0.116. The molecular weight excluding hydrogens is 350 g/mol. The Hall–Kier alpha value is -1.85. The van der Waals surface area contributed by atoms with Crippen LogP contribution in [-0.2, 0) is 6.42 Å². The third-order valence-corrected chi connectivity index (χ3v) is 6.46. The van der Waals surface area contributed by atoms with Crippen LogP contribution in [0.1, 0.15) is 35.4 Å². The van der Waals surface area contributed by atoms with Gasteiger partial charge in [-0.15, -0.1) is 11.3 Å². The van der Waals surface area contributed by atoms with Crippen LogP contribution in [0, 0.1) is 5.82 Å². The van der Waals surface area contributed by atoms with Crippen LogP contribution in [0.15, 0.2) is 42.6 Å². The van der Waals surface area contributed by atoms with Gasteiger partial charge in [-0.3, -0.25) is 9.88 Å². The second-order valence-electron chi connectivity index (χ2n) is 6.96. The lowest BCUT2D eigenvalue weighted by Crippen LogP contribution is -2.23. The molecule has 2 unspecified atom stereocenters. The first-order valence-corrected chi connectivity index (χ1v) is 9.92. The van der Waals surface area contributed by atoms with Crippen molar-refractivity contribution in [2.45, 2.75) is 31.9 Å². The normalized spacial score (nSPS) is 19.3. The zero-order valence-electron chi connectivity index (χ0n) is 14.8. The predicted molar refractivity (Wildman–Crippen MR) is 103 cm³/mol. The minimum Gasteiger partial charge on any atom is -0.300 e. The van der Waals surface area contributed by atoms with Crippen LogP contribution in [0.4, 0.5) is 8.78 Å². The van der Waals surface area contributed by atoms with E-state index in [4.69, 9.17) is 0 Å². The van der Waals surface area contributed by atoms with Crippen LogP contribution >= 0.6 is 11.3 Å². The first kappa shape index (κ1) is 17.6. The smallest absolute Gasteiger partial charge is 0.145 e. The average Bonchev–Trinajstić information content (AvgIpc) is 3.22. The number of hydrogen-bond acceptors (Lipinski definition) is 3. The van der Waals surface area contributed by atoms with E-state index >= 15 is 0 Å². The summed E-state index contributed by atoms with van der Waals surface area (Å²) in [5.41, 5.74) is 1.65. The topological polar surface area (TPSA) is 16.1 Å². The van der Waals surface area contributed by atoms with Crippen LogP contribution < -0.4 is 0 Å². The lowest BCUT2D eigenvalue weighted by molar-refractivity contribution is 0.290. The van der Waals surface area contributed by atoms with Crippen molar-refractivity contribution in [3.05, 3.63) is 64.5 Å². The number of likely N-dealkylation sites (tertiary alicyclic amines) is 1. The van der Waals surface area contributed by atoms with E-state index < -0.39 is 6.17 Å². The Balaban J connectivity index is 1.68. The second-order valence-corrected chi connectivity index (χ2v) is 8.10. The fraction of sp³-hybridized carbons (Fsp3) is 0.381. The molecule has 2 aromatic heterocycles. The molecule has 0 aliphatic carbocycles. The van der Waals surface area contributed by atoms with Gasteiger partial charge in [-0.1, -0.05) is 25.1 Å². The first-order chi connectivity index (χ1) is 12.6. The molecule has 5 heteroatoms. The van der Waals surface area contributed by atoms with Crippen LogP contribution in [0.5, 0.6) is 0 Å². The average molecular weight is 372 g/mol. The van der Waals surface area contributed by atoms with E-state index in [0.717, 1.165) is 19.5 Å². The number of halogens is 2. The van der Waals surface area contributed by atoms with Gasteiger partial charge in [0.15, 0.2) is 0 Å². The van der Waals surface area contributed by atoms with E-state index in [1.165, 1.54) is 26.6 Å². The van der Waals surface area contributed by atoms with Crippen molar-refractivity contribution in [3.8, 4) is 0 Å². The largest absolute Gasteiger partial charge is 0.300 e. The molecule has 1 aromatic carbocycles. The van der Waals surface area contributed by atoms with Crippen molar-refractivity contribution < 1.29 is 8.78 Å². The third-order valence-electron chi connectivity index (χ3n) is 5.21. The number of fused-ring (bicyclic) bond motifs is 1. The van der Waals surface area contributed by atoms with E-state index in [1.54, 1.807) is 23.6 Å². The number of pyridine rings is 1. The maximum absolute atomic E-state index is 14.3. The number of rotatable bonds is 5. The Kier molecular flexibility index (Phi) is 5.00. The Morgan fingerprint density at radius 2 is 2.12 bits per heavy atom. The molecule has 2 atom stereocenters. The van der Waals surface area contributed by atoms with Gasteiger partial charge in [0.2, 0.25) is 0 Å². The van der Waals surface area contributed by atoms with Gasteiger partial charge in [0.05, 0.1) is 5.69 Å². The summed E-state index contributed by atoms with van der Waals surface area (Å²) in [6, 6.07) is 11.4. The van der Waals surface area contributed by atoms with Crippen LogP contribution in [-0.4, -0.2) is 35.7 Å². The Morgan fingerprint density at radius 3 is 2.88 bits per heavy atom. The molecule has 0 radical (unpaired) electrons. The van der Waals surface area contributed by atoms with Gasteiger partial charge in [0.1, 0.15) is 12.0 Å². The number of nitrogens with zero attached hydrogens (tertiary/aromatic N) is 2. The molecule has 2 nitrogen and oxygen atoms in total. The van der Waals surface area contributed by atoms with E-state index in [9.17, 15) is 8.78 Å². The SMILES string of the molecule is CC(c1ncccc1F)c1c(CCN2CCC(F)C2)sc2ccccc12. The molecule has 1 aliphatic heterocycles. The van der Waals surface area contributed by atoms with Crippen molar-refractivity contribution in [3.63, 3.8) is 0 Å². The number of hydrogen-bond donors (Lipinski definition) is 0. The van der Waals surface area contributed by atoms with Crippen LogP contribution in [0.3, 0.4) is 0 Å². The molecule has 0 saturated carbocycles. The fourth-order valence-electron chi connectivity index (χ4n) is 3.88. The molecule has 0 spiro atoms. The van der Waals surface area contributed by atoms with Crippen LogP contribution in [0.25, 0.3) is 10.1 Å². The third kappa shape index (κ3) is 3.38. The van der Waals surface area contributed by atoms with Crippen molar-refractivity contribution in [2.24, 2.45) is 0 Å². The Morgan fingerprint density at radius 1 is 1.27 bits per heavy atom. The van der Waals surface area contributed by atoms with Gasteiger partial charge in [-0.25, -0.2) is 8.78 Å². The standard InChI is InChI=1S/C21H22F2N2S/c1-14(21-17(23)6-4-10-24-21)20-16-5-2-3-7-18(16)26-19(20)9-12-25-11-8-15(22)13-25/h2-7,10,14-15H,8-9,11-13H2,1H3. The highest BCUT2D eigenvalue weighted by Gasteiger charge is 2.25. The highest BCUT2D eigenvalue weighted by molar-refractivity contribution is 7.19. The monoisotopic (exact) mass is 372 g/mol. The number of aromatic nitrogens is 1. The summed E-state index contributed by atoms with van der Waals surface area (Å²) in [5.74, 6) is -0.379. The van der Waals surface area contributed by atoms with E-state index in [1.807, 2.05) is 19.1 Å². The molecule has 0 N–H and O–H groups in total. The Bertz CT molecular complexity index is 908. The van der Waals surface area contributed by atoms with E-state index in [2.05, 4.69) is 22.0 Å². The molecule has 26 heavy (non-hydrogen) atoms. The fourth-order valence-corrected chi connectivity index (χ4v) is 5.17. The highest BCUT2D eigenvalue weighted by Crippen LogP contribution is 2.39.